The van der Waals surface area contributed by atoms with Crippen LogP contribution >= 0.6 is 0 Å². The lowest BCUT2D eigenvalue weighted by molar-refractivity contribution is 0.0952. The van der Waals surface area contributed by atoms with Gasteiger partial charge < -0.3 is 9.88 Å². The monoisotopic (exact) mass is 352 g/mol. The molecule has 0 saturated heterocycles. The van der Waals surface area contributed by atoms with Gasteiger partial charge >= 0.3 is 0 Å². The van der Waals surface area contributed by atoms with E-state index in [4.69, 9.17) is 0 Å². The van der Waals surface area contributed by atoms with E-state index < -0.39 is 0 Å². The van der Waals surface area contributed by atoms with Gasteiger partial charge in [-0.25, -0.2) is 0 Å². The maximum absolute atomic E-state index is 13.0. The van der Waals surface area contributed by atoms with Crippen molar-refractivity contribution in [1.82, 2.24) is 9.88 Å². The molecule has 1 aliphatic rings. The summed E-state index contributed by atoms with van der Waals surface area (Å²) in [5.74, 6) is -0.0367. The molecule has 0 bridgehead atoms. The highest BCUT2D eigenvalue weighted by molar-refractivity contribution is 6.19. The molecule has 1 heterocycles. The van der Waals surface area contributed by atoms with Gasteiger partial charge in [0, 0.05) is 29.9 Å². The third-order valence-corrected chi connectivity index (χ3v) is 5.52. The molecular formula is C24H20N2O. The van der Waals surface area contributed by atoms with Crippen LogP contribution in [0.1, 0.15) is 27.2 Å². The first kappa shape index (κ1) is 15.9. The van der Waals surface area contributed by atoms with Crippen molar-refractivity contribution in [3.8, 4) is 0 Å². The Labute approximate surface area is 157 Å². The van der Waals surface area contributed by atoms with Crippen molar-refractivity contribution in [1.29, 1.82) is 0 Å². The van der Waals surface area contributed by atoms with E-state index in [1.165, 1.54) is 16.5 Å². The van der Waals surface area contributed by atoms with Crippen LogP contribution in [0.25, 0.3) is 27.6 Å². The molecule has 3 nitrogen and oxygen atoms in total. The number of nitrogens with one attached hydrogen (secondary N) is 1. The Bertz CT molecular complexity index is 1230. The van der Waals surface area contributed by atoms with E-state index in [1.54, 1.807) is 0 Å². The van der Waals surface area contributed by atoms with Gasteiger partial charge in [-0.1, -0.05) is 48.6 Å². The Kier molecular flexibility index (Phi) is 3.61. The van der Waals surface area contributed by atoms with Crippen molar-refractivity contribution in [2.75, 3.05) is 0 Å². The molecule has 3 aromatic carbocycles. The van der Waals surface area contributed by atoms with E-state index in [1.807, 2.05) is 42.1 Å². The molecule has 0 saturated carbocycles. The van der Waals surface area contributed by atoms with E-state index >= 15 is 0 Å². The molecule has 27 heavy (non-hydrogen) atoms. The van der Waals surface area contributed by atoms with Crippen LogP contribution in [-0.4, -0.2) is 10.5 Å². The second-order valence-electron chi connectivity index (χ2n) is 7.10. The number of allylic oxidation sites excluding steroid dienone is 1. The number of aromatic nitrogens is 1. The summed E-state index contributed by atoms with van der Waals surface area (Å²) in [6.45, 7) is 0.515. The molecule has 132 valence electrons. The molecule has 0 unspecified atom stereocenters. The maximum Gasteiger partial charge on any atom is 0.252 e. The summed E-state index contributed by atoms with van der Waals surface area (Å²) in [6.07, 6.45) is 7.37. The molecule has 0 radical (unpaired) electrons. The predicted octanol–water partition coefficient (Wildman–Crippen LogP) is 4.83. The number of hydrogen-bond acceptors (Lipinski definition) is 1. The second-order valence-corrected chi connectivity index (χ2v) is 7.10. The van der Waals surface area contributed by atoms with Gasteiger partial charge in [0.05, 0.1) is 6.54 Å². The summed E-state index contributed by atoms with van der Waals surface area (Å²) < 4.78 is 2.02. The third kappa shape index (κ3) is 2.55. The number of benzene rings is 3. The van der Waals surface area contributed by atoms with Crippen LogP contribution in [0.3, 0.4) is 0 Å². The van der Waals surface area contributed by atoms with Crippen molar-refractivity contribution in [3.05, 3.63) is 89.3 Å². The highest BCUT2D eigenvalue weighted by atomic mass is 16.1. The Morgan fingerprint density at radius 1 is 1.04 bits per heavy atom. The van der Waals surface area contributed by atoms with E-state index in [0.717, 1.165) is 33.8 Å². The van der Waals surface area contributed by atoms with E-state index in [0.29, 0.717) is 6.54 Å². The summed E-state index contributed by atoms with van der Waals surface area (Å²) >= 11 is 0. The van der Waals surface area contributed by atoms with Crippen LogP contribution < -0.4 is 5.32 Å². The molecule has 1 amide bonds. The number of carbonyl (C=O) groups excluding carboxylic acids is 1. The number of nitrogens with zero attached hydrogens (tertiary/aromatic N) is 1. The summed E-state index contributed by atoms with van der Waals surface area (Å²) in [6, 6.07) is 18.6. The van der Waals surface area contributed by atoms with Gasteiger partial charge in [0.15, 0.2) is 0 Å². The van der Waals surface area contributed by atoms with Crippen molar-refractivity contribution in [2.45, 2.75) is 13.0 Å². The topological polar surface area (TPSA) is 34.0 Å². The van der Waals surface area contributed by atoms with Gasteiger partial charge in [-0.05, 0) is 51.9 Å². The number of fused-ring (bicyclic) bond motifs is 5. The first-order chi connectivity index (χ1) is 13.2. The van der Waals surface area contributed by atoms with Crippen molar-refractivity contribution in [3.63, 3.8) is 0 Å². The van der Waals surface area contributed by atoms with Gasteiger partial charge in [-0.3, -0.25) is 4.79 Å². The van der Waals surface area contributed by atoms with Crippen LogP contribution in [0.4, 0.5) is 0 Å². The fourth-order valence-corrected chi connectivity index (χ4v) is 4.08. The zero-order valence-electron chi connectivity index (χ0n) is 15.2. The maximum atomic E-state index is 13.0. The summed E-state index contributed by atoms with van der Waals surface area (Å²) in [4.78, 5) is 13.0. The highest BCUT2D eigenvalue weighted by Gasteiger charge is 2.16. The lowest BCUT2D eigenvalue weighted by Crippen LogP contribution is -2.24. The van der Waals surface area contributed by atoms with Crippen molar-refractivity contribution in [2.24, 2.45) is 7.05 Å². The molecule has 4 aromatic rings. The Morgan fingerprint density at radius 3 is 2.78 bits per heavy atom. The molecule has 1 N–H and O–H groups in total. The van der Waals surface area contributed by atoms with E-state index in [2.05, 4.69) is 47.8 Å². The highest BCUT2D eigenvalue weighted by Crippen LogP contribution is 2.34. The van der Waals surface area contributed by atoms with E-state index in [-0.39, 0.29) is 5.91 Å². The molecule has 0 aliphatic heterocycles. The van der Waals surface area contributed by atoms with Crippen LogP contribution in [0.15, 0.2) is 66.9 Å². The van der Waals surface area contributed by atoms with Gasteiger partial charge in [0.25, 0.3) is 5.91 Å². The lowest BCUT2D eigenvalue weighted by atomic mass is 9.93. The minimum atomic E-state index is -0.0367. The largest absolute Gasteiger partial charge is 0.353 e. The normalized spacial score (nSPS) is 12.6. The number of amides is 1. The zero-order valence-corrected chi connectivity index (χ0v) is 15.2. The van der Waals surface area contributed by atoms with Gasteiger partial charge in [-0.15, -0.1) is 0 Å². The molecule has 0 spiro atoms. The number of hydrogen-bond donors (Lipinski definition) is 1. The Hall–Kier alpha value is -3.33. The van der Waals surface area contributed by atoms with Crippen LogP contribution in [0.2, 0.25) is 0 Å². The van der Waals surface area contributed by atoms with E-state index in [9.17, 15) is 4.79 Å². The average molecular weight is 352 g/mol. The Morgan fingerprint density at radius 2 is 1.93 bits per heavy atom. The smallest absolute Gasteiger partial charge is 0.252 e. The van der Waals surface area contributed by atoms with Crippen LogP contribution in [0, 0.1) is 0 Å². The Balaban J connectivity index is 1.62. The number of aryl methyl sites for hydroxylation is 1. The van der Waals surface area contributed by atoms with Gasteiger partial charge in [-0.2, -0.15) is 0 Å². The number of carbonyl (C=O) groups is 1. The molecule has 0 fully saturated rings. The quantitative estimate of drug-likeness (QED) is 0.527. The first-order valence-corrected chi connectivity index (χ1v) is 9.24. The predicted molar refractivity (Wildman–Crippen MR) is 111 cm³/mol. The summed E-state index contributed by atoms with van der Waals surface area (Å²) in [5.41, 5.74) is 4.45. The number of rotatable bonds is 3. The molecule has 1 aliphatic carbocycles. The van der Waals surface area contributed by atoms with Crippen molar-refractivity contribution < 1.29 is 4.79 Å². The SMILES string of the molecule is Cn1cccc1CNC(=O)c1cccc2ccc3c4c(ccc3c12)CC=C4. The summed E-state index contributed by atoms with van der Waals surface area (Å²) in [5, 5.41) is 7.56. The molecular weight excluding hydrogens is 332 g/mol. The van der Waals surface area contributed by atoms with Crippen LogP contribution in [-0.2, 0) is 20.0 Å². The molecule has 1 aromatic heterocycles. The minimum Gasteiger partial charge on any atom is -0.353 e. The van der Waals surface area contributed by atoms with Gasteiger partial charge in [0.2, 0.25) is 0 Å². The summed E-state index contributed by atoms with van der Waals surface area (Å²) in [7, 11) is 1.99. The minimum absolute atomic E-state index is 0.0367. The van der Waals surface area contributed by atoms with Gasteiger partial charge in [0.1, 0.15) is 0 Å². The zero-order chi connectivity index (χ0) is 18.4. The third-order valence-electron chi connectivity index (χ3n) is 5.52. The van der Waals surface area contributed by atoms with Crippen molar-refractivity contribution >= 4 is 33.5 Å². The molecule has 3 heteroatoms. The first-order valence-electron chi connectivity index (χ1n) is 9.24. The fraction of sp³-hybridized carbons (Fsp3) is 0.125. The standard InChI is InChI=1S/C24H20N2O/c1-26-14-4-7-18(26)15-25-24(27)22-9-3-6-17-11-12-20-19-8-2-5-16(19)10-13-21(20)23(17)22/h2-4,6-14H,5,15H2,1H3,(H,25,27). The molecule has 5 rings (SSSR count). The van der Waals surface area contributed by atoms with Crippen LogP contribution in [0.5, 0.6) is 0 Å². The second kappa shape index (κ2) is 6.13. The fourth-order valence-electron chi connectivity index (χ4n) is 4.08. The lowest BCUT2D eigenvalue weighted by Gasteiger charge is -2.13. The average Bonchev–Trinajstić information content (AvgIpc) is 3.33. The molecule has 0 atom stereocenters.